The third-order valence-corrected chi connectivity index (χ3v) is 3.17. The Morgan fingerprint density at radius 1 is 1.13 bits per heavy atom. The highest BCUT2D eigenvalue weighted by Gasteiger charge is 2.11. The summed E-state index contributed by atoms with van der Waals surface area (Å²) in [5.74, 6) is 5.66. The maximum Gasteiger partial charge on any atom is 0.0764 e. The highest BCUT2D eigenvalue weighted by molar-refractivity contribution is 6.48. The smallest absolute Gasteiger partial charge is 0.0764 e. The number of benzene rings is 1. The minimum atomic E-state index is 0.328. The number of nitrogens with one attached hydrogen (secondary N) is 1. The fourth-order valence-corrected chi connectivity index (χ4v) is 1.81. The molecule has 0 saturated carbocycles. The first-order valence-corrected chi connectivity index (χ1v) is 5.55. The highest BCUT2D eigenvalue weighted by Crippen LogP contribution is 2.36. The van der Waals surface area contributed by atoms with Crippen LogP contribution in [0.25, 0.3) is 0 Å². The van der Waals surface area contributed by atoms with Crippen LogP contribution in [0.2, 0.25) is 20.1 Å². The van der Waals surface area contributed by atoms with E-state index in [-0.39, 0.29) is 0 Å². The maximum atomic E-state index is 5.95. The predicted octanol–water partition coefficient (Wildman–Crippen LogP) is 3.87. The summed E-state index contributed by atoms with van der Waals surface area (Å²) in [5, 5.41) is 4.23. The molecular formula is C10H7Cl4N. The lowest BCUT2D eigenvalue weighted by Gasteiger charge is -2.04. The number of halogens is 4. The van der Waals surface area contributed by atoms with Gasteiger partial charge in [0.05, 0.1) is 32.2 Å². The highest BCUT2D eigenvalue weighted by atomic mass is 35.5. The van der Waals surface area contributed by atoms with Crippen molar-refractivity contribution in [1.29, 1.82) is 0 Å². The molecule has 0 spiro atoms. The van der Waals surface area contributed by atoms with Gasteiger partial charge in [0.25, 0.3) is 0 Å². The minimum Gasteiger partial charge on any atom is -0.309 e. The molecule has 1 nitrogen and oxygen atoms in total. The first-order valence-electron chi connectivity index (χ1n) is 4.04. The van der Waals surface area contributed by atoms with E-state index in [0.29, 0.717) is 32.2 Å². The van der Waals surface area contributed by atoms with Crippen LogP contribution in [0.1, 0.15) is 5.56 Å². The number of hydrogen-bond donors (Lipinski definition) is 1. The van der Waals surface area contributed by atoms with E-state index < -0.39 is 0 Å². The Morgan fingerprint density at radius 3 is 2.13 bits per heavy atom. The molecule has 0 fully saturated rings. The molecule has 0 radical (unpaired) electrons. The molecule has 5 heteroatoms. The largest absolute Gasteiger partial charge is 0.309 e. The summed E-state index contributed by atoms with van der Waals surface area (Å²) < 4.78 is 0. The summed E-state index contributed by atoms with van der Waals surface area (Å²) in [6, 6.07) is 1.50. The molecule has 1 rings (SSSR count). The Labute approximate surface area is 109 Å². The fraction of sp³-hybridized carbons (Fsp3) is 0.200. The van der Waals surface area contributed by atoms with Crippen molar-refractivity contribution in [3.63, 3.8) is 0 Å². The van der Waals surface area contributed by atoms with Gasteiger partial charge in [0.1, 0.15) is 0 Å². The first-order chi connectivity index (χ1) is 7.07. The average molecular weight is 283 g/mol. The van der Waals surface area contributed by atoms with E-state index in [4.69, 9.17) is 46.4 Å². The lowest BCUT2D eigenvalue weighted by atomic mass is 10.2. The van der Waals surface area contributed by atoms with Crippen molar-refractivity contribution >= 4 is 46.4 Å². The maximum absolute atomic E-state index is 5.95. The van der Waals surface area contributed by atoms with Crippen LogP contribution >= 0.6 is 46.4 Å². The zero-order valence-electron chi connectivity index (χ0n) is 7.80. The predicted molar refractivity (Wildman–Crippen MR) is 67.3 cm³/mol. The summed E-state index contributed by atoms with van der Waals surface area (Å²) >= 11 is 23.6. The summed E-state index contributed by atoms with van der Waals surface area (Å²) in [7, 11) is 1.79. The van der Waals surface area contributed by atoms with Crippen LogP contribution in [0, 0.1) is 11.8 Å². The van der Waals surface area contributed by atoms with Crippen molar-refractivity contribution in [1.82, 2.24) is 5.32 Å². The third-order valence-electron chi connectivity index (χ3n) is 1.59. The molecule has 0 aromatic heterocycles. The zero-order valence-corrected chi connectivity index (χ0v) is 10.8. The van der Waals surface area contributed by atoms with E-state index in [2.05, 4.69) is 17.2 Å². The fourth-order valence-electron chi connectivity index (χ4n) is 0.904. The molecule has 80 valence electrons. The van der Waals surface area contributed by atoms with Crippen molar-refractivity contribution in [2.75, 3.05) is 13.6 Å². The second-order valence-corrected chi connectivity index (χ2v) is 4.25. The number of rotatable bonds is 1. The molecule has 1 N–H and O–H groups in total. The second-order valence-electron chi connectivity index (χ2n) is 2.68. The Kier molecular flexibility index (Phi) is 5.05. The van der Waals surface area contributed by atoms with E-state index in [1.807, 2.05) is 0 Å². The molecule has 0 aliphatic rings. The lowest BCUT2D eigenvalue weighted by molar-refractivity contribution is 0.938. The summed E-state index contributed by atoms with van der Waals surface area (Å²) in [6.45, 7) is 0.538. The summed E-state index contributed by atoms with van der Waals surface area (Å²) in [5.41, 5.74) is 0.464. The molecule has 0 atom stereocenters. The van der Waals surface area contributed by atoms with Crippen LogP contribution in [0.4, 0.5) is 0 Å². The van der Waals surface area contributed by atoms with Crippen molar-refractivity contribution in [3.8, 4) is 11.8 Å². The van der Waals surface area contributed by atoms with Crippen molar-refractivity contribution in [3.05, 3.63) is 31.7 Å². The van der Waals surface area contributed by atoms with E-state index in [1.54, 1.807) is 7.05 Å². The molecule has 0 amide bonds. The molecule has 0 aliphatic carbocycles. The van der Waals surface area contributed by atoms with Crippen LogP contribution in [0.15, 0.2) is 6.07 Å². The standard InChI is InChI=1S/C10H7Cl4N/c1-15-4-2-3-6-9(13)7(11)5-8(12)10(6)14/h5,15H,4H2,1H3. The van der Waals surface area contributed by atoms with E-state index in [0.717, 1.165) is 0 Å². The van der Waals surface area contributed by atoms with Gasteiger partial charge in [-0.3, -0.25) is 0 Å². The van der Waals surface area contributed by atoms with Gasteiger partial charge >= 0.3 is 0 Å². The van der Waals surface area contributed by atoms with E-state index in [9.17, 15) is 0 Å². The Bertz CT molecular complexity index is 405. The Hall–Kier alpha value is -0.100. The normalized spacial score (nSPS) is 9.67. The van der Waals surface area contributed by atoms with Gasteiger partial charge in [-0.25, -0.2) is 0 Å². The van der Waals surface area contributed by atoms with Gasteiger partial charge in [0.15, 0.2) is 0 Å². The SMILES string of the molecule is CNCC#Cc1c(Cl)c(Cl)cc(Cl)c1Cl. The summed E-state index contributed by atoms with van der Waals surface area (Å²) in [6.07, 6.45) is 0. The van der Waals surface area contributed by atoms with Crippen LogP contribution in [-0.4, -0.2) is 13.6 Å². The first kappa shape index (κ1) is 13.0. The van der Waals surface area contributed by atoms with Crippen LogP contribution in [0.5, 0.6) is 0 Å². The van der Waals surface area contributed by atoms with Gasteiger partial charge in [-0.05, 0) is 13.1 Å². The Balaban J connectivity index is 3.23. The molecule has 0 aliphatic heterocycles. The lowest BCUT2D eigenvalue weighted by Crippen LogP contribution is -2.04. The van der Waals surface area contributed by atoms with Gasteiger partial charge in [-0.1, -0.05) is 58.2 Å². The molecular weight excluding hydrogens is 276 g/mol. The van der Waals surface area contributed by atoms with Gasteiger partial charge in [0.2, 0.25) is 0 Å². The topological polar surface area (TPSA) is 12.0 Å². The van der Waals surface area contributed by atoms with E-state index in [1.165, 1.54) is 6.07 Å². The van der Waals surface area contributed by atoms with Crippen LogP contribution < -0.4 is 5.32 Å². The zero-order chi connectivity index (χ0) is 11.4. The third kappa shape index (κ3) is 3.17. The van der Waals surface area contributed by atoms with Crippen molar-refractivity contribution < 1.29 is 0 Å². The summed E-state index contributed by atoms with van der Waals surface area (Å²) in [4.78, 5) is 0. The van der Waals surface area contributed by atoms with E-state index >= 15 is 0 Å². The van der Waals surface area contributed by atoms with Gasteiger partial charge in [0, 0.05) is 0 Å². The minimum absolute atomic E-state index is 0.328. The van der Waals surface area contributed by atoms with Gasteiger partial charge < -0.3 is 5.32 Å². The van der Waals surface area contributed by atoms with Crippen molar-refractivity contribution in [2.45, 2.75) is 0 Å². The molecule has 0 saturated heterocycles. The Morgan fingerprint density at radius 2 is 1.67 bits per heavy atom. The molecule has 15 heavy (non-hydrogen) atoms. The van der Waals surface area contributed by atoms with Crippen molar-refractivity contribution in [2.24, 2.45) is 0 Å². The van der Waals surface area contributed by atoms with Crippen LogP contribution in [-0.2, 0) is 0 Å². The second kappa shape index (κ2) is 5.84. The molecule has 0 bridgehead atoms. The monoisotopic (exact) mass is 281 g/mol. The van der Waals surface area contributed by atoms with Gasteiger partial charge in [-0.15, -0.1) is 0 Å². The molecule has 0 unspecified atom stereocenters. The molecule has 0 heterocycles. The van der Waals surface area contributed by atoms with Gasteiger partial charge in [-0.2, -0.15) is 0 Å². The van der Waals surface area contributed by atoms with Crippen LogP contribution in [0.3, 0.4) is 0 Å². The molecule has 1 aromatic rings. The quantitative estimate of drug-likeness (QED) is 0.609. The average Bonchev–Trinajstić information content (AvgIpc) is 2.20. The number of hydrogen-bond acceptors (Lipinski definition) is 1. The molecule has 1 aromatic carbocycles.